The Morgan fingerprint density at radius 2 is 1.86 bits per heavy atom. The van der Waals surface area contributed by atoms with Crippen LogP contribution in [0.5, 0.6) is 5.75 Å². The van der Waals surface area contributed by atoms with Crippen molar-refractivity contribution in [2.75, 3.05) is 51.8 Å². The maximum absolute atomic E-state index is 13.3. The summed E-state index contributed by atoms with van der Waals surface area (Å²) >= 11 is 0. The van der Waals surface area contributed by atoms with Crippen LogP contribution >= 0.6 is 24.0 Å². The summed E-state index contributed by atoms with van der Waals surface area (Å²) in [5, 5.41) is 3.39. The molecule has 0 atom stereocenters. The zero-order valence-corrected chi connectivity index (χ0v) is 18.7. The van der Waals surface area contributed by atoms with E-state index in [1.165, 1.54) is 11.8 Å². The number of aliphatic imine (C=N–C) groups is 1. The van der Waals surface area contributed by atoms with Crippen molar-refractivity contribution in [3.05, 3.63) is 59.9 Å². The monoisotopic (exact) mass is 498 g/mol. The molecule has 2 aromatic carbocycles. The topological polar surface area (TPSA) is 40.1 Å². The summed E-state index contributed by atoms with van der Waals surface area (Å²) in [4.78, 5) is 9.03. The van der Waals surface area contributed by atoms with E-state index in [-0.39, 0.29) is 29.8 Å². The molecule has 3 rings (SSSR count). The van der Waals surface area contributed by atoms with E-state index in [0.29, 0.717) is 0 Å². The van der Waals surface area contributed by atoms with E-state index in [9.17, 15) is 4.39 Å². The van der Waals surface area contributed by atoms with Crippen LogP contribution in [0.2, 0.25) is 0 Å². The van der Waals surface area contributed by atoms with Crippen LogP contribution in [-0.2, 0) is 6.42 Å². The number of hydrogen-bond donors (Lipinski definition) is 1. The number of ether oxygens (including phenoxy) is 1. The molecule has 0 bridgehead atoms. The maximum Gasteiger partial charge on any atom is 0.193 e. The fourth-order valence-electron chi connectivity index (χ4n) is 3.33. The van der Waals surface area contributed by atoms with Gasteiger partial charge >= 0.3 is 0 Å². The number of nitrogens with zero attached hydrogens (tertiary/aromatic N) is 3. The molecule has 0 aromatic heterocycles. The average molecular weight is 498 g/mol. The summed E-state index contributed by atoms with van der Waals surface area (Å²) in [6.45, 7) is 4.38. The highest BCUT2D eigenvalue weighted by atomic mass is 127. The van der Waals surface area contributed by atoms with E-state index in [2.05, 4.69) is 32.2 Å². The molecule has 28 heavy (non-hydrogen) atoms. The Morgan fingerprint density at radius 3 is 2.54 bits per heavy atom. The Kier molecular flexibility index (Phi) is 8.82. The highest BCUT2D eigenvalue weighted by Crippen LogP contribution is 2.22. The van der Waals surface area contributed by atoms with Gasteiger partial charge in [-0.05, 0) is 36.2 Å². The molecule has 0 saturated carbocycles. The van der Waals surface area contributed by atoms with Gasteiger partial charge < -0.3 is 19.9 Å². The van der Waals surface area contributed by atoms with Crippen molar-refractivity contribution in [2.45, 2.75) is 6.42 Å². The molecule has 5 nitrogen and oxygen atoms in total. The molecule has 7 heteroatoms. The van der Waals surface area contributed by atoms with E-state index >= 15 is 0 Å². The first kappa shape index (κ1) is 22.3. The van der Waals surface area contributed by atoms with Crippen molar-refractivity contribution < 1.29 is 9.13 Å². The first-order valence-corrected chi connectivity index (χ1v) is 9.28. The van der Waals surface area contributed by atoms with E-state index in [4.69, 9.17) is 4.74 Å². The lowest BCUT2D eigenvalue weighted by Gasteiger charge is -2.37. The predicted molar refractivity (Wildman–Crippen MR) is 124 cm³/mol. The second-order valence-electron chi connectivity index (χ2n) is 6.53. The van der Waals surface area contributed by atoms with Crippen LogP contribution in [0.4, 0.5) is 10.1 Å². The number of nitrogens with one attached hydrogen (secondary N) is 1. The van der Waals surface area contributed by atoms with Crippen molar-refractivity contribution >= 4 is 35.6 Å². The van der Waals surface area contributed by atoms with Gasteiger partial charge in [0.2, 0.25) is 0 Å². The van der Waals surface area contributed by atoms with Crippen molar-refractivity contribution in [3.8, 4) is 5.75 Å². The molecule has 1 aliphatic rings. The van der Waals surface area contributed by atoms with Gasteiger partial charge in [-0.2, -0.15) is 0 Å². The number of halogens is 2. The van der Waals surface area contributed by atoms with Crippen molar-refractivity contribution in [3.63, 3.8) is 0 Å². The normalized spacial score (nSPS) is 14.5. The first-order chi connectivity index (χ1) is 13.2. The number of piperazine rings is 1. The third-order valence-electron chi connectivity index (χ3n) is 4.80. The van der Waals surface area contributed by atoms with Gasteiger partial charge in [0.05, 0.1) is 7.11 Å². The zero-order chi connectivity index (χ0) is 19.1. The highest BCUT2D eigenvalue weighted by molar-refractivity contribution is 14.0. The Bertz CT molecular complexity index is 779. The minimum atomic E-state index is -0.189. The largest absolute Gasteiger partial charge is 0.497 e. The van der Waals surface area contributed by atoms with E-state index in [0.717, 1.165) is 56.4 Å². The Morgan fingerprint density at radius 1 is 1.11 bits per heavy atom. The molecular formula is C21H28FIN4O. The van der Waals surface area contributed by atoms with Gasteiger partial charge in [0.15, 0.2) is 5.96 Å². The molecule has 0 radical (unpaired) electrons. The Balaban J connectivity index is 0.00000280. The lowest BCUT2D eigenvalue weighted by atomic mass is 10.1. The van der Waals surface area contributed by atoms with Crippen LogP contribution < -0.4 is 15.0 Å². The number of benzene rings is 2. The second kappa shape index (κ2) is 11.1. The number of guanidine groups is 1. The first-order valence-electron chi connectivity index (χ1n) is 9.28. The molecule has 0 amide bonds. The average Bonchev–Trinajstić information content (AvgIpc) is 2.71. The number of rotatable bonds is 5. The summed E-state index contributed by atoms with van der Waals surface area (Å²) in [6, 6.07) is 14.9. The SMILES string of the molecule is CN=C(NCCc1cccc(F)c1)N1CCN(c2cccc(OC)c2)CC1.I. The molecule has 1 N–H and O–H groups in total. The third-order valence-corrected chi connectivity index (χ3v) is 4.80. The van der Waals surface area contributed by atoms with Crippen LogP contribution in [0.15, 0.2) is 53.5 Å². The molecule has 1 saturated heterocycles. The summed E-state index contributed by atoms with van der Waals surface area (Å²) in [5.41, 5.74) is 2.17. The standard InChI is InChI=1S/C21H27FN4O.HI/c1-23-21(24-10-9-17-5-3-6-18(22)15-17)26-13-11-25(12-14-26)19-7-4-8-20(16-19)27-2;/h3-8,15-16H,9-14H2,1-2H3,(H,23,24);1H. The molecule has 1 aliphatic heterocycles. The fraction of sp³-hybridized carbons (Fsp3) is 0.381. The Labute approximate surface area is 183 Å². The van der Waals surface area contributed by atoms with E-state index < -0.39 is 0 Å². The summed E-state index contributed by atoms with van der Waals surface area (Å²) < 4.78 is 18.6. The molecular weight excluding hydrogens is 470 g/mol. The Hall–Kier alpha value is -2.03. The molecule has 1 fully saturated rings. The van der Waals surface area contributed by atoms with Crippen LogP contribution in [-0.4, -0.2) is 57.7 Å². The number of methoxy groups -OCH3 is 1. The lowest BCUT2D eigenvalue weighted by molar-refractivity contribution is 0.372. The zero-order valence-electron chi connectivity index (χ0n) is 16.4. The van der Waals surface area contributed by atoms with E-state index in [1.807, 2.05) is 18.2 Å². The van der Waals surface area contributed by atoms with E-state index in [1.54, 1.807) is 26.3 Å². The molecule has 1 heterocycles. The fourth-order valence-corrected chi connectivity index (χ4v) is 3.33. The number of anilines is 1. The summed E-state index contributed by atoms with van der Waals surface area (Å²) in [7, 11) is 3.50. The van der Waals surface area contributed by atoms with Crippen LogP contribution in [0, 0.1) is 5.82 Å². The van der Waals surface area contributed by atoms with Gasteiger partial charge in [0, 0.05) is 51.5 Å². The van der Waals surface area contributed by atoms with Gasteiger partial charge in [-0.3, -0.25) is 4.99 Å². The van der Waals surface area contributed by atoms with Crippen molar-refractivity contribution in [1.82, 2.24) is 10.2 Å². The molecule has 152 valence electrons. The van der Waals surface area contributed by atoms with Crippen LogP contribution in [0.1, 0.15) is 5.56 Å². The van der Waals surface area contributed by atoms with Gasteiger partial charge in [0.1, 0.15) is 11.6 Å². The van der Waals surface area contributed by atoms with Gasteiger partial charge in [-0.25, -0.2) is 4.39 Å². The predicted octanol–water partition coefficient (Wildman–Crippen LogP) is 3.39. The smallest absolute Gasteiger partial charge is 0.193 e. The van der Waals surface area contributed by atoms with Crippen LogP contribution in [0.25, 0.3) is 0 Å². The molecule has 0 aliphatic carbocycles. The van der Waals surface area contributed by atoms with Crippen molar-refractivity contribution in [2.24, 2.45) is 4.99 Å². The molecule has 0 unspecified atom stereocenters. The van der Waals surface area contributed by atoms with Crippen LogP contribution in [0.3, 0.4) is 0 Å². The second-order valence-corrected chi connectivity index (χ2v) is 6.53. The maximum atomic E-state index is 13.3. The van der Waals surface area contributed by atoms with Gasteiger partial charge in [-0.1, -0.05) is 18.2 Å². The highest BCUT2D eigenvalue weighted by Gasteiger charge is 2.20. The molecule has 2 aromatic rings. The van der Waals surface area contributed by atoms with Crippen molar-refractivity contribution in [1.29, 1.82) is 0 Å². The lowest BCUT2D eigenvalue weighted by Crippen LogP contribution is -2.52. The minimum absolute atomic E-state index is 0. The third kappa shape index (κ3) is 5.98. The quantitative estimate of drug-likeness (QED) is 0.390. The number of hydrogen-bond acceptors (Lipinski definition) is 3. The minimum Gasteiger partial charge on any atom is -0.497 e. The van der Waals surface area contributed by atoms with Gasteiger partial charge in [0.25, 0.3) is 0 Å². The summed E-state index contributed by atoms with van der Waals surface area (Å²) in [6.07, 6.45) is 0.764. The molecule has 0 spiro atoms. The summed E-state index contributed by atoms with van der Waals surface area (Å²) in [5.74, 6) is 1.59. The van der Waals surface area contributed by atoms with Gasteiger partial charge in [-0.15, -0.1) is 24.0 Å².